The molecule has 0 aromatic heterocycles. The van der Waals surface area contributed by atoms with Gasteiger partial charge in [-0.05, 0) is 23.8 Å². The summed E-state index contributed by atoms with van der Waals surface area (Å²) in [6, 6.07) is 13.3. The van der Waals surface area contributed by atoms with Crippen LogP contribution in [-0.4, -0.2) is 20.7 Å². The summed E-state index contributed by atoms with van der Waals surface area (Å²) < 4.78 is 5.26. The fourth-order valence-electron chi connectivity index (χ4n) is 2.28. The number of nitrogens with zero attached hydrogens (tertiary/aromatic N) is 1. The molecule has 0 saturated heterocycles. The first-order chi connectivity index (χ1) is 10.1. The highest BCUT2D eigenvalue weighted by Gasteiger charge is 2.20. The third kappa shape index (κ3) is 3.43. The Hall–Kier alpha value is -1.42. The van der Waals surface area contributed by atoms with E-state index in [9.17, 15) is 0 Å². The van der Waals surface area contributed by atoms with Crippen LogP contribution in [0.15, 0.2) is 42.5 Å². The molecule has 2 aromatic rings. The van der Waals surface area contributed by atoms with Crippen LogP contribution in [-0.2, 0) is 0 Å². The Morgan fingerprint density at radius 3 is 2.57 bits per heavy atom. The van der Waals surface area contributed by atoms with E-state index in [4.69, 9.17) is 33.7 Å². The van der Waals surface area contributed by atoms with Crippen LogP contribution in [0.25, 0.3) is 0 Å². The lowest BCUT2D eigenvalue weighted by molar-refractivity contribution is 0.414. The number of rotatable bonds is 5. The van der Waals surface area contributed by atoms with E-state index in [1.165, 1.54) is 0 Å². The van der Waals surface area contributed by atoms with E-state index in [1.54, 1.807) is 13.2 Å². The predicted molar refractivity (Wildman–Crippen MR) is 89.7 cm³/mol. The Labute approximate surface area is 135 Å². The summed E-state index contributed by atoms with van der Waals surface area (Å²) in [4.78, 5) is 2.07. The maximum absolute atomic E-state index is 6.32. The summed E-state index contributed by atoms with van der Waals surface area (Å²) >= 11 is 12.4. The van der Waals surface area contributed by atoms with E-state index < -0.39 is 0 Å². The minimum atomic E-state index is -0.0664. The monoisotopic (exact) mass is 324 g/mol. The first-order valence-corrected chi connectivity index (χ1v) is 7.35. The molecule has 21 heavy (non-hydrogen) atoms. The highest BCUT2D eigenvalue weighted by atomic mass is 35.5. The number of anilines is 1. The van der Waals surface area contributed by atoms with Crippen molar-refractivity contribution in [2.24, 2.45) is 5.73 Å². The van der Waals surface area contributed by atoms with Crippen molar-refractivity contribution in [3.63, 3.8) is 0 Å². The number of halogens is 2. The van der Waals surface area contributed by atoms with Crippen LogP contribution in [0.3, 0.4) is 0 Å². The lowest BCUT2D eigenvalue weighted by atomic mass is 10.0. The zero-order valence-corrected chi connectivity index (χ0v) is 13.5. The SMILES string of the molecule is COc1cccc(N(C)C(CN)c2cccc(Cl)c2Cl)c1. The minimum absolute atomic E-state index is 0.0664. The fraction of sp³-hybridized carbons (Fsp3) is 0.250. The second-order valence-corrected chi connectivity index (χ2v) is 5.49. The molecule has 0 aliphatic rings. The molecule has 1 atom stereocenters. The molecule has 0 fully saturated rings. The lowest BCUT2D eigenvalue weighted by Gasteiger charge is -2.30. The first kappa shape index (κ1) is 16.0. The molecule has 0 saturated carbocycles. The van der Waals surface area contributed by atoms with Gasteiger partial charge in [-0.25, -0.2) is 0 Å². The maximum Gasteiger partial charge on any atom is 0.120 e. The third-order valence-electron chi connectivity index (χ3n) is 3.49. The highest BCUT2D eigenvalue weighted by molar-refractivity contribution is 6.42. The number of ether oxygens (including phenoxy) is 1. The molecule has 2 rings (SSSR count). The van der Waals surface area contributed by atoms with Crippen molar-refractivity contribution in [2.75, 3.05) is 25.6 Å². The minimum Gasteiger partial charge on any atom is -0.497 e. The summed E-state index contributed by atoms with van der Waals surface area (Å²) in [7, 11) is 3.62. The van der Waals surface area contributed by atoms with Crippen molar-refractivity contribution in [1.82, 2.24) is 0 Å². The van der Waals surface area contributed by atoms with Crippen LogP contribution < -0.4 is 15.4 Å². The number of methoxy groups -OCH3 is 1. The summed E-state index contributed by atoms with van der Waals surface area (Å²) in [5.41, 5.74) is 7.87. The predicted octanol–water partition coefficient (Wildman–Crippen LogP) is 4.14. The molecule has 0 aliphatic carbocycles. The number of likely N-dealkylation sites (N-methyl/N-ethyl adjacent to an activating group) is 1. The molecule has 3 nitrogen and oxygen atoms in total. The van der Waals surface area contributed by atoms with Crippen molar-refractivity contribution in [3.05, 3.63) is 58.1 Å². The van der Waals surface area contributed by atoms with Gasteiger partial charge in [0.05, 0.1) is 23.2 Å². The van der Waals surface area contributed by atoms with E-state index in [2.05, 4.69) is 4.90 Å². The number of nitrogens with two attached hydrogens (primary N) is 1. The van der Waals surface area contributed by atoms with Crippen LogP contribution in [0.2, 0.25) is 10.0 Å². The van der Waals surface area contributed by atoms with Gasteiger partial charge in [0.15, 0.2) is 0 Å². The summed E-state index contributed by atoms with van der Waals surface area (Å²) in [5, 5.41) is 1.08. The molecular weight excluding hydrogens is 307 g/mol. The van der Waals surface area contributed by atoms with E-state index >= 15 is 0 Å². The second kappa shape index (κ2) is 7.03. The van der Waals surface area contributed by atoms with Crippen LogP contribution in [0, 0.1) is 0 Å². The Morgan fingerprint density at radius 1 is 1.19 bits per heavy atom. The van der Waals surface area contributed by atoms with E-state index in [0.717, 1.165) is 17.0 Å². The zero-order chi connectivity index (χ0) is 15.4. The molecule has 0 heterocycles. The standard InChI is InChI=1S/C16H18Cl2N2O/c1-20(11-5-3-6-12(9-11)21-2)15(10-19)13-7-4-8-14(17)16(13)18/h3-9,15H,10,19H2,1-2H3. The number of benzene rings is 2. The molecule has 0 aliphatic heterocycles. The van der Waals surface area contributed by atoms with Gasteiger partial charge in [0.2, 0.25) is 0 Å². The smallest absolute Gasteiger partial charge is 0.120 e. The molecule has 0 bridgehead atoms. The average Bonchev–Trinajstić information content (AvgIpc) is 2.52. The Bertz CT molecular complexity index is 619. The molecule has 0 radical (unpaired) electrons. The first-order valence-electron chi connectivity index (χ1n) is 6.59. The van der Waals surface area contributed by atoms with Gasteiger partial charge in [0.1, 0.15) is 5.75 Å². The fourth-order valence-corrected chi connectivity index (χ4v) is 2.72. The molecular formula is C16H18Cl2N2O. The summed E-state index contributed by atoms with van der Waals surface area (Å²) in [5.74, 6) is 0.798. The summed E-state index contributed by atoms with van der Waals surface area (Å²) in [6.45, 7) is 0.424. The Balaban J connectivity index is 2.38. The van der Waals surface area contributed by atoms with Gasteiger partial charge in [-0.3, -0.25) is 0 Å². The van der Waals surface area contributed by atoms with Crippen molar-refractivity contribution in [1.29, 1.82) is 0 Å². The van der Waals surface area contributed by atoms with E-state index in [-0.39, 0.29) is 6.04 Å². The Morgan fingerprint density at radius 2 is 1.90 bits per heavy atom. The van der Waals surface area contributed by atoms with Crippen LogP contribution in [0.5, 0.6) is 5.75 Å². The second-order valence-electron chi connectivity index (χ2n) is 4.71. The third-order valence-corrected chi connectivity index (χ3v) is 4.33. The molecule has 0 amide bonds. The quantitative estimate of drug-likeness (QED) is 0.898. The maximum atomic E-state index is 6.32. The van der Waals surface area contributed by atoms with Gasteiger partial charge in [0.25, 0.3) is 0 Å². The summed E-state index contributed by atoms with van der Waals surface area (Å²) in [6.07, 6.45) is 0. The molecule has 112 valence electrons. The normalized spacial score (nSPS) is 12.0. The van der Waals surface area contributed by atoms with E-state index in [0.29, 0.717) is 16.6 Å². The number of hydrogen-bond acceptors (Lipinski definition) is 3. The Kier molecular flexibility index (Phi) is 5.34. The average molecular weight is 325 g/mol. The largest absolute Gasteiger partial charge is 0.497 e. The van der Waals surface area contributed by atoms with Gasteiger partial charge >= 0.3 is 0 Å². The molecule has 2 N–H and O–H groups in total. The topological polar surface area (TPSA) is 38.5 Å². The van der Waals surface area contributed by atoms with Gasteiger partial charge in [-0.2, -0.15) is 0 Å². The lowest BCUT2D eigenvalue weighted by Crippen LogP contribution is -2.30. The van der Waals surface area contributed by atoms with Crippen LogP contribution in [0.1, 0.15) is 11.6 Å². The van der Waals surface area contributed by atoms with Gasteiger partial charge < -0.3 is 15.4 Å². The van der Waals surface area contributed by atoms with Crippen molar-refractivity contribution >= 4 is 28.9 Å². The van der Waals surface area contributed by atoms with E-state index in [1.807, 2.05) is 43.4 Å². The molecule has 5 heteroatoms. The van der Waals surface area contributed by atoms with Crippen LogP contribution >= 0.6 is 23.2 Å². The van der Waals surface area contributed by atoms with Gasteiger partial charge in [0, 0.05) is 25.3 Å². The van der Waals surface area contributed by atoms with Gasteiger partial charge in [-0.1, -0.05) is 41.4 Å². The number of hydrogen-bond donors (Lipinski definition) is 1. The van der Waals surface area contributed by atoms with Crippen LogP contribution in [0.4, 0.5) is 5.69 Å². The van der Waals surface area contributed by atoms with Gasteiger partial charge in [-0.15, -0.1) is 0 Å². The highest BCUT2D eigenvalue weighted by Crippen LogP contribution is 2.34. The van der Waals surface area contributed by atoms with Crippen molar-refractivity contribution in [2.45, 2.75) is 6.04 Å². The zero-order valence-electron chi connectivity index (χ0n) is 12.0. The van der Waals surface area contributed by atoms with Crippen molar-refractivity contribution in [3.8, 4) is 5.75 Å². The molecule has 1 unspecified atom stereocenters. The molecule has 0 spiro atoms. The molecule has 2 aromatic carbocycles. The van der Waals surface area contributed by atoms with Crippen molar-refractivity contribution < 1.29 is 4.74 Å².